The zero-order valence-electron chi connectivity index (χ0n) is 16.6. The van der Waals surface area contributed by atoms with Gasteiger partial charge in [0.15, 0.2) is 0 Å². The summed E-state index contributed by atoms with van der Waals surface area (Å²) in [5.74, 6) is -2.51. The maximum absolute atomic E-state index is 9.55. The molecule has 0 bridgehead atoms. The lowest BCUT2D eigenvalue weighted by Gasteiger charge is -2.23. The minimum absolute atomic E-state index is 0.558. The second-order valence-electron chi connectivity index (χ2n) is 6.61. The van der Waals surface area contributed by atoms with Gasteiger partial charge in [0.05, 0.1) is 0 Å². The molecule has 0 unspecified atom stereocenters. The summed E-state index contributed by atoms with van der Waals surface area (Å²) in [6.45, 7) is 2.89. The highest BCUT2D eigenvalue weighted by molar-refractivity contribution is 5.89. The Hall–Kier alpha value is -3.70. The molecule has 0 radical (unpaired) electrons. The van der Waals surface area contributed by atoms with Crippen molar-refractivity contribution in [3.8, 4) is 0 Å². The fourth-order valence-corrected chi connectivity index (χ4v) is 2.84. The molecule has 0 aliphatic rings. The molecule has 0 saturated heterocycles. The van der Waals surface area contributed by atoms with Gasteiger partial charge in [-0.05, 0) is 16.7 Å². The van der Waals surface area contributed by atoms with Crippen molar-refractivity contribution < 1.29 is 19.8 Å². The fourth-order valence-electron chi connectivity index (χ4n) is 2.84. The third-order valence-electron chi connectivity index (χ3n) is 4.12. The van der Waals surface area contributed by atoms with Crippen LogP contribution in [0.5, 0.6) is 0 Å². The minimum Gasteiger partial charge on any atom is -0.478 e. The van der Waals surface area contributed by atoms with E-state index < -0.39 is 11.9 Å². The van der Waals surface area contributed by atoms with Crippen LogP contribution in [0.2, 0.25) is 0 Å². The summed E-state index contributed by atoms with van der Waals surface area (Å²) in [6.07, 6.45) is 1.12. The Morgan fingerprint density at radius 1 is 0.567 bits per heavy atom. The first-order valence-electron chi connectivity index (χ1n) is 9.51. The van der Waals surface area contributed by atoms with Crippen molar-refractivity contribution in [1.29, 1.82) is 0 Å². The smallest absolute Gasteiger partial charge is 0.328 e. The van der Waals surface area contributed by atoms with E-state index in [4.69, 9.17) is 10.2 Å². The number of carboxylic acids is 2. The van der Waals surface area contributed by atoms with E-state index in [-0.39, 0.29) is 0 Å². The van der Waals surface area contributed by atoms with Crippen LogP contribution in [0.1, 0.15) is 16.7 Å². The average Bonchev–Trinajstić information content (AvgIpc) is 2.75. The van der Waals surface area contributed by atoms with Gasteiger partial charge in [-0.1, -0.05) is 91.0 Å². The monoisotopic (exact) mass is 403 g/mol. The molecular formula is C25H25NO4. The van der Waals surface area contributed by atoms with Gasteiger partial charge in [0, 0.05) is 31.8 Å². The summed E-state index contributed by atoms with van der Waals surface area (Å²) in [5, 5.41) is 15.6. The molecule has 0 aliphatic heterocycles. The first-order chi connectivity index (χ1) is 14.5. The largest absolute Gasteiger partial charge is 0.478 e. The summed E-state index contributed by atoms with van der Waals surface area (Å²) in [5.41, 5.74) is 4.07. The van der Waals surface area contributed by atoms with E-state index in [0.717, 1.165) is 19.6 Å². The second kappa shape index (κ2) is 12.7. The second-order valence-corrected chi connectivity index (χ2v) is 6.61. The first-order valence-corrected chi connectivity index (χ1v) is 9.51. The molecule has 0 heterocycles. The summed E-state index contributed by atoms with van der Waals surface area (Å²) in [7, 11) is 0. The third-order valence-corrected chi connectivity index (χ3v) is 4.12. The molecule has 30 heavy (non-hydrogen) atoms. The van der Waals surface area contributed by atoms with Crippen molar-refractivity contribution in [2.45, 2.75) is 19.6 Å². The van der Waals surface area contributed by atoms with Crippen LogP contribution in [0.25, 0.3) is 0 Å². The maximum atomic E-state index is 9.55. The molecule has 0 aromatic heterocycles. The van der Waals surface area contributed by atoms with Crippen molar-refractivity contribution in [2.75, 3.05) is 0 Å². The molecule has 3 rings (SSSR count). The molecule has 0 aliphatic carbocycles. The molecule has 0 atom stereocenters. The highest BCUT2D eigenvalue weighted by Gasteiger charge is 2.08. The lowest BCUT2D eigenvalue weighted by Crippen LogP contribution is -2.22. The number of hydrogen-bond acceptors (Lipinski definition) is 3. The van der Waals surface area contributed by atoms with Gasteiger partial charge in [-0.25, -0.2) is 9.59 Å². The molecular weight excluding hydrogens is 378 g/mol. The molecule has 0 fully saturated rings. The van der Waals surface area contributed by atoms with Crippen molar-refractivity contribution in [3.63, 3.8) is 0 Å². The minimum atomic E-state index is -1.26. The summed E-state index contributed by atoms with van der Waals surface area (Å²) in [4.78, 5) is 21.6. The van der Waals surface area contributed by atoms with E-state index in [2.05, 4.69) is 95.9 Å². The van der Waals surface area contributed by atoms with Crippen LogP contribution in [0.15, 0.2) is 103 Å². The normalized spacial score (nSPS) is 10.4. The molecule has 3 aromatic carbocycles. The number of carboxylic acid groups (broad SMARTS) is 2. The summed E-state index contributed by atoms with van der Waals surface area (Å²) >= 11 is 0. The fraction of sp³-hybridized carbons (Fsp3) is 0.120. The third kappa shape index (κ3) is 9.48. The van der Waals surface area contributed by atoms with Gasteiger partial charge >= 0.3 is 11.9 Å². The van der Waals surface area contributed by atoms with Crippen LogP contribution in [-0.2, 0) is 29.2 Å². The molecule has 5 heteroatoms. The zero-order valence-corrected chi connectivity index (χ0v) is 16.6. The Kier molecular flexibility index (Phi) is 9.56. The Morgan fingerprint density at radius 2 is 0.833 bits per heavy atom. The van der Waals surface area contributed by atoms with E-state index in [0.29, 0.717) is 12.2 Å². The van der Waals surface area contributed by atoms with Crippen LogP contribution in [-0.4, -0.2) is 27.1 Å². The number of hydrogen-bond donors (Lipinski definition) is 2. The predicted molar refractivity (Wildman–Crippen MR) is 117 cm³/mol. The van der Waals surface area contributed by atoms with Crippen molar-refractivity contribution in [2.24, 2.45) is 0 Å². The van der Waals surface area contributed by atoms with Crippen molar-refractivity contribution in [1.82, 2.24) is 4.90 Å². The van der Waals surface area contributed by atoms with Crippen LogP contribution in [0.4, 0.5) is 0 Å². The predicted octanol–water partition coefficient (Wildman–Crippen LogP) is 4.60. The van der Waals surface area contributed by atoms with E-state index in [1.54, 1.807) is 0 Å². The molecule has 0 spiro atoms. The topological polar surface area (TPSA) is 77.8 Å². The molecule has 5 nitrogen and oxygen atoms in total. The van der Waals surface area contributed by atoms with Crippen LogP contribution in [0, 0.1) is 0 Å². The van der Waals surface area contributed by atoms with E-state index in [9.17, 15) is 9.59 Å². The van der Waals surface area contributed by atoms with E-state index >= 15 is 0 Å². The molecule has 154 valence electrons. The zero-order chi connectivity index (χ0) is 21.6. The highest BCUT2D eigenvalue weighted by atomic mass is 16.4. The number of carbonyl (C=O) groups is 2. The Morgan fingerprint density at radius 3 is 1.07 bits per heavy atom. The lowest BCUT2D eigenvalue weighted by molar-refractivity contribution is -0.134. The molecule has 0 saturated carbocycles. The van der Waals surface area contributed by atoms with Crippen LogP contribution in [0.3, 0.4) is 0 Å². The van der Waals surface area contributed by atoms with Gasteiger partial charge in [0.2, 0.25) is 0 Å². The first kappa shape index (κ1) is 22.6. The van der Waals surface area contributed by atoms with Crippen molar-refractivity contribution >= 4 is 11.9 Å². The van der Waals surface area contributed by atoms with Gasteiger partial charge < -0.3 is 10.2 Å². The number of aliphatic carboxylic acids is 2. The number of benzene rings is 3. The number of nitrogens with zero attached hydrogens (tertiary/aromatic N) is 1. The maximum Gasteiger partial charge on any atom is 0.328 e. The lowest BCUT2D eigenvalue weighted by atomic mass is 10.1. The highest BCUT2D eigenvalue weighted by Crippen LogP contribution is 2.14. The van der Waals surface area contributed by atoms with Crippen LogP contribution < -0.4 is 0 Å². The summed E-state index contributed by atoms with van der Waals surface area (Å²) in [6, 6.07) is 32.1. The molecule has 2 N–H and O–H groups in total. The quantitative estimate of drug-likeness (QED) is 0.538. The van der Waals surface area contributed by atoms with Crippen LogP contribution >= 0.6 is 0 Å². The molecule has 3 aromatic rings. The Labute approximate surface area is 176 Å². The average molecular weight is 403 g/mol. The van der Waals surface area contributed by atoms with E-state index in [1.807, 2.05) is 0 Å². The summed E-state index contributed by atoms with van der Waals surface area (Å²) < 4.78 is 0. The van der Waals surface area contributed by atoms with E-state index in [1.165, 1.54) is 16.7 Å². The van der Waals surface area contributed by atoms with Gasteiger partial charge in [-0.2, -0.15) is 0 Å². The SMILES string of the molecule is O=C(O)/C=C/C(=O)O.c1ccc(CN(Cc2ccccc2)Cc2ccccc2)cc1. The molecule has 0 amide bonds. The Bertz CT molecular complexity index is 810. The van der Waals surface area contributed by atoms with Crippen molar-refractivity contribution in [3.05, 3.63) is 120 Å². The van der Waals surface area contributed by atoms with Gasteiger partial charge in [0.1, 0.15) is 0 Å². The van der Waals surface area contributed by atoms with Gasteiger partial charge in [-0.15, -0.1) is 0 Å². The Balaban J connectivity index is 0.000000343. The van der Waals surface area contributed by atoms with Gasteiger partial charge in [-0.3, -0.25) is 4.90 Å². The number of rotatable bonds is 8. The standard InChI is InChI=1S/C21H21N.C4H4O4/c1-4-10-19(11-5-1)16-22(17-20-12-6-2-7-13-20)18-21-14-8-3-9-15-21;5-3(6)1-2-4(7)8/h1-15H,16-18H2;1-2H,(H,5,6)(H,7,8)/b;2-1+. The van der Waals surface area contributed by atoms with Gasteiger partial charge in [0.25, 0.3) is 0 Å².